The van der Waals surface area contributed by atoms with Crippen LogP contribution in [0.3, 0.4) is 0 Å². The number of carbonyl (C=O) groups excluding carboxylic acids is 2. The zero-order chi connectivity index (χ0) is 15.4. The molecule has 1 fully saturated rings. The summed E-state index contributed by atoms with van der Waals surface area (Å²) in [5.41, 5.74) is 0.521. The van der Waals surface area contributed by atoms with Gasteiger partial charge in [-0.2, -0.15) is 0 Å². The minimum atomic E-state index is -0.175. The Kier molecular flexibility index (Phi) is 5.73. The predicted octanol–water partition coefficient (Wildman–Crippen LogP) is 2.95. The number of hydrogen-bond donors (Lipinski definition) is 1. The number of rotatable bonds is 3. The zero-order valence-corrected chi connectivity index (χ0v) is 13.5. The third-order valence-corrected chi connectivity index (χ3v) is 4.42. The smallest absolute Gasteiger partial charge is 0.253 e. The van der Waals surface area contributed by atoms with Crippen LogP contribution in [-0.4, -0.2) is 41.7 Å². The maximum atomic E-state index is 12.4. The van der Waals surface area contributed by atoms with E-state index in [0.717, 1.165) is 12.8 Å². The number of halogens is 3. The molecule has 1 N–H and O–H groups in total. The second-order valence-electron chi connectivity index (χ2n) is 4.90. The van der Waals surface area contributed by atoms with Crippen LogP contribution >= 0.6 is 34.8 Å². The summed E-state index contributed by atoms with van der Waals surface area (Å²) < 4.78 is 0. The van der Waals surface area contributed by atoms with Gasteiger partial charge in [-0.05, 0) is 31.0 Å². The van der Waals surface area contributed by atoms with Crippen LogP contribution in [0.4, 0.5) is 0 Å². The summed E-state index contributed by atoms with van der Waals surface area (Å²) in [7, 11) is 0. The van der Waals surface area contributed by atoms with E-state index in [1.165, 1.54) is 0 Å². The van der Waals surface area contributed by atoms with Crippen LogP contribution in [0.2, 0.25) is 10.0 Å². The number of amides is 2. The zero-order valence-electron chi connectivity index (χ0n) is 11.2. The van der Waals surface area contributed by atoms with Gasteiger partial charge in [0.2, 0.25) is 5.91 Å². The molecule has 0 radical (unpaired) electrons. The summed E-state index contributed by atoms with van der Waals surface area (Å²) in [5.74, 6) is -0.288. The summed E-state index contributed by atoms with van der Waals surface area (Å²) in [4.78, 5) is 25.4. The van der Waals surface area contributed by atoms with Gasteiger partial charge in [0.25, 0.3) is 5.91 Å². The first kappa shape index (κ1) is 16.4. The van der Waals surface area contributed by atoms with E-state index >= 15 is 0 Å². The van der Waals surface area contributed by atoms with Gasteiger partial charge in [-0.25, -0.2) is 0 Å². The predicted molar refractivity (Wildman–Crippen MR) is 84.3 cm³/mol. The third-order valence-electron chi connectivity index (χ3n) is 3.44. The molecule has 1 saturated heterocycles. The lowest BCUT2D eigenvalue weighted by Gasteiger charge is -2.32. The van der Waals surface area contributed by atoms with Crippen molar-refractivity contribution in [3.8, 4) is 0 Å². The molecule has 21 heavy (non-hydrogen) atoms. The molecule has 2 amide bonds. The van der Waals surface area contributed by atoms with E-state index in [2.05, 4.69) is 5.32 Å². The largest absolute Gasteiger partial charge is 0.352 e. The molecular weight excluding hydrogens is 335 g/mol. The minimum Gasteiger partial charge on any atom is -0.352 e. The number of alkyl halides is 1. The molecule has 0 unspecified atom stereocenters. The summed E-state index contributed by atoms with van der Waals surface area (Å²) in [5, 5.41) is 3.63. The first-order valence-electron chi connectivity index (χ1n) is 6.61. The minimum absolute atomic E-state index is 0.0393. The summed E-state index contributed by atoms with van der Waals surface area (Å²) in [6.07, 6.45) is 1.44. The molecule has 1 aliphatic heterocycles. The second-order valence-corrected chi connectivity index (χ2v) is 5.98. The van der Waals surface area contributed by atoms with E-state index in [1.807, 2.05) is 0 Å². The van der Waals surface area contributed by atoms with Gasteiger partial charge >= 0.3 is 0 Å². The van der Waals surface area contributed by atoms with Crippen molar-refractivity contribution in [1.29, 1.82) is 0 Å². The van der Waals surface area contributed by atoms with E-state index in [9.17, 15) is 9.59 Å². The van der Waals surface area contributed by atoms with Crippen molar-refractivity contribution in [2.24, 2.45) is 0 Å². The van der Waals surface area contributed by atoms with Crippen LogP contribution in [0.15, 0.2) is 18.2 Å². The fourth-order valence-corrected chi connectivity index (χ4v) is 2.68. The molecule has 0 aromatic heterocycles. The molecule has 1 aromatic rings. The fourth-order valence-electron chi connectivity index (χ4n) is 2.30. The van der Waals surface area contributed by atoms with Crippen LogP contribution in [0.25, 0.3) is 0 Å². The van der Waals surface area contributed by atoms with Gasteiger partial charge in [0, 0.05) is 24.7 Å². The average molecular weight is 350 g/mol. The standard InChI is InChI=1S/C14H15Cl3N2O2/c15-8-13(20)18-10-3-5-19(6-4-10)14(21)9-1-2-11(16)12(17)7-9/h1-2,7,10H,3-6,8H2,(H,18,20). The Bertz CT molecular complexity index is 543. The normalized spacial score (nSPS) is 15.9. The van der Waals surface area contributed by atoms with Gasteiger partial charge in [0.15, 0.2) is 0 Å². The van der Waals surface area contributed by atoms with E-state index in [1.54, 1.807) is 23.1 Å². The lowest BCUT2D eigenvalue weighted by Crippen LogP contribution is -2.46. The quantitative estimate of drug-likeness (QED) is 0.853. The SMILES string of the molecule is O=C(CCl)NC1CCN(C(=O)c2ccc(Cl)c(Cl)c2)CC1. The van der Waals surface area contributed by atoms with Crippen LogP contribution in [0.5, 0.6) is 0 Å². The molecule has 0 bridgehead atoms. The number of likely N-dealkylation sites (tertiary alicyclic amines) is 1. The average Bonchev–Trinajstić information content (AvgIpc) is 2.50. The Morgan fingerprint density at radius 1 is 1.19 bits per heavy atom. The second kappa shape index (κ2) is 7.34. The summed E-state index contributed by atoms with van der Waals surface area (Å²) >= 11 is 17.2. The molecule has 1 aromatic carbocycles. The highest BCUT2D eigenvalue weighted by Gasteiger charge is 2.24. The molecule has 1 heterocycles. The molecule has 0 spiro atoms. The molecule has 4 nitrogen and oxygen atoms in total. The Morgan fingerprint density at radius 3 is 2.43 bits per heavy atom. The number of piperidine rings is 1. The first-order valence-corrected chi connectivity index (χ1v) is 7.90. The molecule has 7 heteroatoms. The van der Waals surface area contributed by atoms with Crippen molar-refractivity contribution < 1.29 is 9.59 Å². The highest BCUT2D eigenvalue weighted by atomic mass is 35.5. The molecule has 0 saturated carbocycles. The number of nitrogens with one attached hydrogen (secondary N) is 1. The van der Waals surface area contributed by atoms with Gasteiger partial charge in [-0.3, -0.25) is 9.59 Å². The Morgan fingerprint density at radius 2 is 1.86 bits per heavy atom. The molecule has 114 valence electrons. The van der Waals surface area contributed by atoms with Gasteiger partial charge in [0.1, 0.15) is 5.88 Å². The van der Waals surface area contributed by atoms with Crippen LogP contribution in [0.1, 0.15) is 23.2 Å². The first-order chi connectivity index (χ1) is 10.0. The topological polar surface area (TPSA) is 49.4 Å². The van der Waals surface area contributed by atoms with E-state index in [0.29, 0.717) is 28.7 Å². The van der Waals surface area contributed by atoms with Crippen LogP contribution in [0, 0.1) is 0 Å². The summed E-state index contributed by atoms with van der Waals surface area (Å²) in [6.45, 7) is 1.18. The Hall–Kier alpha value is -0.970. The van der Waals surface area contributed by atoms with Gasteiger partial charge < -0.3 is 10.2 Å². The number of benzene rings is 1. The maximum Gasteiger partial charge on any atom is 0.253 e. The van der Waals surface area contributed by atoms with E-state index < -0.39 is 0 Å². The Balaban J connectivity index is 1.93. The van der Waals surface area contributed by atoms with Crippen molar-refractivity contribution in [3.05, 3.63) is 33.8 Å². The number of carbonyl (C=O) groups is 2. The summed E-state index contributed by atoms with van der Waals surface area (Å²) in [6, 6.07) is 4.94. The molecule has 0 aliphatic carbocycles. The lowest BCUT2D eigenvalue weighted by atomic mass is 10.0. The third kappa shape index (κ3) is 4.25. The van der Waals surface area contributed by atoms with Gasteiger partial charge in [-0.1, -0.05) is 23.2 Å². The fraction of sp³-hybridized carbons (Fsp3) is 0.429. The highest BCUT2D eigenvalue weighted by molar-refractivity contribution is 6.42. The van der Waals surface area contributed by atoms with E-state index in [-0.39, 0.29) is 23.7 Å². The number of hydrogen-bond acceptors (Lipinski definition) is 2. The lowest BCUT2D eigenvalue weighted by molar-refractivity contribution is -0.119. The van der Waals surface area contributed by atoms with Gasteiger partial charge in [-0.15, -0.1) is 11.6 Å². The van der Waals surface area contributed by atoms with E-state index in [4.69, 9.17) is 34.8 Å². The van der Waals surface area contributed by atoms with Crippen LogP contribution in [-0.2, 0) is 4.79 Å². The molecule has 2 rings (SSSR count). The Labute approximate surface area is 138 Å². The van der Waals surface area contributed by atoms with Crippen molar-refractivity contribution >= 4 is 46.6 Å². The van der Waals surface area contributed by atoms with Gasteiger partial charge in [0.05, 0.1) is 10.0 Å². The van der Waals surface area contributed by atoms with Crippen molar-refractivity contribution in [1.82, 2.24) is 10.2 Å². The molecule has 0 atom stereocenters. The van der Waals surface area contributed by atoms with Crippen molar-refractivity contribution in [3.63, 3.8) is 0 Å². The monoisotopic (exact) mass is 348 g/mol. The molecular formula is C14H15Cl3N2O2. The van der Waals surface area contributed by atoms with Crippen LogP contribution < -0.4 is 5.32 Å². The highest BCUT2D eigenvalue weighted by Crippen LogP contribution is 2.24. The van der Waals surface area contributed by atoms with Crippen molar-refractivity contribution in [2.45, 2.75) is 18.9 Å². The van der Waals surface area contributed by atoms with Crippen molar-refractivity contribution in [2.75, 3.05) is 19.0 Å². The molecule has 1 aliphatic rings. The number of nitrogens with zero attached hydrogens (tertiary/aromatic N) is 1. The maximum absolute atomic E-state index is 12.4.